The number of hydrogen-bond acceptors (Lipinski definition) is 2. The second-order valence-electron chi connectivity index (χ2n) is 4.50. The first kappa shape index (κ1) is 13.0. The number of aryl methyl sites for hydroxylation is 1. The molecule has 0 aliphatic carbocycles. The number of nitrogens with one attached hydrogen (secondary N) is 1. The van der Waals surface area contributed by atoms with Gasteiger partial charge in [-0.25, -0.2) is 0 Å². The van der Waals surface area contributed by atoms with Crippen LogP contribution >= 0.6 is 0 Å². The van der Waals surface area contributed by atoms with Gasteiger partial charge in [-0.2, -0.15) is 0 Å². The maximum absolute atomic E-state index is 6.07. The Morgan fingerprint density at radius 2 is 2.06 bits per heavy atom. The van der Waals surface area contributed by atoms with Crippen LogP contribution in [0.5, 0.6) is 5.75 Å². The third kappa shape index (κ3) is 3.86. The zero-order valence-corrected chi connectivity index (χ0v) is 10.8. The molecule has 0 aromatic heterocycles. The fraction of sp³-hybridized carbons (Fsp3) is 0.571. The Labute approximate surface area is 99.0 Å². The van der Waals surface area contributed by atoms with E-state index in [4.69, 9.17) is 4.74 Å². The zero-order chi connectivity index (χ0) is 12.0. The Kier molecular flexibility index (Phi) is 4.81. The molecule has 0 amide bonds. The average Bonchev–Trinajstić information content (AvgIpc) is 2.26. The van der Waals surface area contributed by atoms with E-state index in [1.165, 1.54) is 5.56 Å². The molecule has 1 unspecified atom stereocenters. The molecule has 2 heteroatoms. The smallest absolute Gasteiger partial charge is 0.120 e. The number of hydrogen-bond donors (Lipinski definition) is 1. The van der Waals surface area contributed by atoms with Crippen molar-refractivity contribution in [1.29, 1.82) is 0 Å². The molecule has 0 aliphatic heterocycles. The van der Waals surface area contributed by atoms with Crippen LogP contribution in [0.4, 0.5) is 0 Å². The summed E-state index contributed by atoms with van der Waals surface area (Å²) >= 11 is 0. The second kappa shape index (κ2) is 5.90. The third-order valence-electron chi connectivity index (χ3n) is 2.85. The van der Waals surface area contributed by atoms with Gasteiger partial charge in [0.2, 0.25) is 0 Å². The highest BCUT2D eigenvalue weighted by molar-refractivity contribution is 5.28. The highest BCUT2D eigenvalue weighted by Crippen LogP contribution is 2.21. The van der Waals surface area contributed by atoms with Crippen LogP contribution in [0.2, 0.25) is 0 Å². The summed E-state index contributed by atoms with van der Waals surface area (Å²) in [5.41, 5.74) is 1.11. The second-order valence-corrected chi connectivity index (χ2v) is 4.50. The van der Waals surface area contributed by atoms with Crippen molar-refractivity contribution in [2.24, 2.45) is 0 Å². The number of ether oxygens (including phenoxy) is 1. The molecule has 1 aromatic carbocycles. The average molecular weight is 221 g/mol. The molecule has 1 atom stereocenters. The molecule has 1 aromatic rings. The van der Waals surface area contributed by atoms with Gasteiger partial charge in [0, 0.05) is 6.54 Å². The van der Waals surface area contributed by atoms with Gasteiger partial charge in [0.15, 0.2) is 0 Å². The normalized spacial score (nSPS) is 14.5. The van der Waals surface area contributed by atoms with Gasteiger partial charge in [0.25, 0.3) is 0 Å². The van der Waals surface area contributed by atoms with E-state index in [1.807, 2.05) is 12.1 Å². The van der Waals surface area contributed by atoms with Crippen LogP contribution in [-0.4, -0.2) is 18.7 Å². The van der Waals surface area contributed by atoms with Gasteiger partial charge in [0.1, 0.15) is 11.4 Å². The van der Waals surface area contributed by atoms with Crippen LogP contribution in [0, 0.1) is 6.92 Å². The Morgan fingerprint density at radius 1 is 1.31 bits per heavy atom. The summed E-state index contributed by atoms with van der Waals surface area (Å²) in [5.74, 6) is 0.960. The molecular formula is C14H23NO. The van der Waals surface area contributed by atoms with Gasteiger partial charge >= 0.3 is 0 Å². The van der Waals surface area contributed by atoms with Crippen molar-refractivity contribution < 1.29 is 4.74 Å². The van der Waals surface area contributed by atoms with Crippen LogP contribution in [0.15, 0.2) is 24.3 Å². The summed E-state index contributed by atoms with van der Waals surface area (Å²) < 4.78 is 6.07. The van der Waals surface area contributed by atoms with E-state index < -0.39 is 0 Å². The van der Waals surface area contributed by atoms with Gasteiger partial charge in [-0.15, -0.1) is 0 Å². The minimum absolute atomic E-state index is 0.121. The molecule has 1 N–H and O–H groups in total. The van der Waals surface area contributed by atoms with Crippen LogP contribution in [0.25, 0.3) is 0 Å². The number of rotatable bonds is 6. The van der Waals surface area contributed by atoms with Crippen molar-refractivity contribution in [3.05, 3.63) is 29.8 Å². The lowest BCUT2D eigenvalue weighted by atomic mass is 10.0. The van der Waals surface area contributed by atoms with Gasteiger partial charge in [0.05, 0.1) is 0 Å². The highest BCUT2D eigenvalue weighted by Gasteiger charge is 2.23. The molecule has 0 aliphatic rings. The zero-order valence-electron chi connectivity index (χ0n) is 10.8. The topological polar surface area (TPSA) is 21.3 Å². The quantitative estimate of drug-likeness (QED) is 0.796. The van der Waals surface area contributed by atoms with Crippen molar-refractivity contribution in [3.8, 4) is 5.75 Å². The van der Waals surface area contributed by atoms with E-state index >= 15 is 0 Å². The molecule has 16 heavy (non-hydrogen) atoms. The molecule has 0 fully saturated rings. The summed E-state index contributed by atoms with van der Waals surface area (Å²) in [6.07, 6.45) is 0.994. The van der Waals surface area contributed by atoms with Crippen LogP contribution in [-0.2, 0) is 0 Å². The predicted molar refractivity (Wildman–Crippen MR) is 69.0 cm³/mol. The summed E-state index contributed by atoms with van der Waals surface area (Å²) in [7, 11) is 0. The third-order valence-corrected chi connectivity index (χ3v) is 2.85. The fourth-order valence-electron chi connectivity index (χ4n) is 1.59. The SMILES string of the molecule is CCNCC(C)(CC)Oc1cccc(C)c1. The Hall–Kier alpha value is -1.02. The minimum Gasteiger partial charge on any atom is -0.486 e. The molecule has 0 saturated carbocycles. The van der Waals surface area contributed by atoms with Crippen LogP contribution in [0.1, 0.15) is 32.8 Å². The largest absolute Gasteiger partial charge is 0.486 e. The van der Waals surface area contributed by atoms with Crippen molar-refractivity contribution >= 4 is 0 Å². The lowest BCUT2D eigenvalue weighted by Gasteiger charge is -2.30. The maximum Gasteiger partial charge on any atom is 0.120 e. The summed E-state index contributed by atoms with van der Waals surface area (Å²) in [5, 5.41) is 3.35. The molecule has 0 saturated heterocycles. The monoisotopic (exact) mass is 221 g/mol. The van der Waals surface area contributed by atoms with E-state index in [0.717, 1.165) is 25.3 Å². The summed E-state index contributed by atoms with van der Waals surface area (Å²) in [4.78, 5) is 0. The molecule has 2 nitrogen and oxygen atoms in total. The molecule has 90 valence electrons. The first-order valence-electron chi connectivity index (χ1n) is 6.06. The Bertz CT molecular complexity index is 324. The van der Waals surface area contributed by atoms with E-state index in [-0.39, 0.29) is 5.60 Å². The van der Waals surface area contributed by atoms with Gasteiger partial charge in [-0.1, -0.05) is 26.0 Å². The van der Waals surface area contributed by atoms with Gasteiger partial charge < -0.3 is 10.1 Å². The van der Waals surface area contributed by atoms with Crippen LogP contribution < -0.4 is 10.1 Å². The van der Waals surface area contributed by atoms with E-state index in [0.29, 0.717) is 0 Å². The maximum atomic E-state index is 6.07. The van der Waals surface area contributed by atoms with E-state index in [1.54, 1.807) is 0 Å². The summed E-state index contributed by atoms with van der Waals surface area (Å²) in [6, 6.07) is 8.22. The number of benzene rings is 1. The van der Waals surface area contributed by atoms with Crippen molar-refractivity contribution in [1.82, 2.24) is 5.32 Å². The summed E-state index contributed by atoms with van der Waals surface area (Å²) in [6.45, 7) is 10.4. The van der Waals surface area contributed by atoms with Gasteiger partial charge in [-0.3, -0.25) is 0 Å². The van der Waals surface area contributed by atoms with Crippen molar-refractivity contribution in [3.63, 3.8) is 0 Å². The predicted octanol–water partition coefficient (Wildman–Crippen LogP) is 3.15. The first-order chi connectivity index (χ1) is 7.59. The first-order valence-corrected chi connectivity index (χ1v) is 6.06. The van der Waals surface area contributed by atoms with Gasteiger partial charge in [-0.05, 0) is 44.5 Å². The van der Waals surface area contributed by atoms with Crippen molar-refractivity contribution in [2.75, 3.05) is 13.1 Å². The molecule has 0 bridgehead atoms. The molecular weight excluding hydrogens is 198 g/mol. The van der Waals surface area contributed by atoms with Crippen molar-refractivity contribution in [2.45, 2.75) is 39.7 Å². The van der Waals surface area contributed by atoms with E-state index in [9.17, 15) is 0 Å². The Morgan fingerprint density at radius 3 is 2.62 bits per heavy atom. The molecule has 1 rings (SSSR count). The molecule has 0 heterocycles. The molecule has 0 spiro atoms. The Balaban J connectivity index is 2.68. The molecule has 0 radical (unpaired) electrons. The standard InChI is InChI=1S/C14H23NO/c1-5-14(4,11-15-6-2)16-13-9-7-8-12(3)10-13/h7-10,15H,5-6,11H2,1-4H3. The highest BCUT2D eigenvalue weighted by atomic mass is 16.5. The fourth-order valence-corrected chi connectivity index (χ4v) is 1.59. The van der Waals surface area contributed by atoms with Crippen LogP contribution in [0.3, 0.4) is 0 Å². The number of likely N-dealkylation sites (N-methyl/N-ethyl adjacent to an activating group) is 1. The van der Waals surface area contributed by atoms with E-state index in [2.05, 4.69) is 45.1 Å². The lowest BCUT2D eigenvalue weighted by molar-refractivity contribution is 0.0841. The lowest BCUT2D eigenvalue weighted by Crippen LogP contribution is -2.42. The minimum atomic E-state index is -0.121.